The molecule has 5 heteroatoms. The van der Waals surface area contributed by atoms with Crippen LogP contribution >= 0.6 is 0 Å². The van der Waals surface area contributed by atoms with E-state index in [9.17, 15) is 14.7 Å². The van der Waals surface area contributed by atoms with Crippen LogP contribution in [0.1, 0.15) is 82.0 Å². The standard InChI is InChI=1S/C24H34N2O3/c1-3-5-9-17-12-14-18(15-13-17)22(27)21-19-10-7-8-11-20(19)26(23(21)28)24(29)25-16-6-4-2/h7-8,10-11,17-18,28H,3-6,9,12-16H2,1-2H3,(H,25,29). The third-order valence-electron chi connectivity index (χ3n) is 6.29. The zero-order chi connectivity index (χ0) is 20.8. The lowest BCUT2D eigenvalue weighted by molar-refractivity contribution is 0.0868. The molecular weight excluding hydrogens is 364 g/mol. The van der Waals surface area contributed by atoms with Crippen LogP contribution in [0.25, 0.3) is 10.9 Å². The number of fused-ring (bicyclic) bond motifs is 1. The number of ketones is 1. The smallest absolute Gasteiger partial charge is 0.328 e. The number of carbonyl (C=O) groups is 2. The summed E-state index contributed by atoms with van der Waals surface area (Å²) in [5.74, 6) is 0.408. The molecule has 0 radical (unpaired) electrons. The number of amides is 1. The van der Waals surface area contributed by atoms with Crippen molar-refractivity contribution in [1.29, 1.82) is 0 Å². The van der Waals surface area contributed by atoms with Crippen molar-refractivity contribution < 1.29 is 14.7 Å². The summed E-state index contributed by atoms with van der Waals surface area (Å²) in [5.41, 5.74) is 0.891. The normalized spacial score (nSPS) is 19.4. The first-order valence-electron chi connectivity index (χ1n) is 11.2. The molecule has 1 saturated carbocycles. The van der Waals surface area contributed by atoms with E-state index >= 15 is 0 Å². The third kappa shape index (κ3) is 4.65. The van der Waals surface area contributed by atoms with Gasteiger partial charge >= 0.3 is 6.03 Å². The SMILES string of the molecule is CCCCNC(=O)n1c(O)c(C(=O)C2CCC(CCCC)CC2)c2ccccc21. The molecule has 2 aromatic rings. The fourth-order valence-electron chi connectivity index (χ4n) is 4.54. The molecule has 0 spiro atoms. The van der Waals surface area contributed by atoms with E-state index < -0.39 is 0 Å². The van der Waals surface area contributed by atoms with Crippen LogP contribution in [0.2, 0.25) is 0 Å². The first-order valence-corrected chi connectivity index (χ1v) is 11.2. The van der Waals surface area contributed by atoms with E-state index in [-0.39, 0.29) is 23.6 Å². The van der Waals surface area contributed by atoms with Crippen LogP contribution in [0.3, 0.4) is 0 Å². The molecule has 1 aromatic carbocycles. The maximum Gasteiger partial charge on any atom is 0.328 e. The summed E-state index contributed by atoms with van der Waals surface area (Å²) in [6, 6.07) is 6.90. The molecule has 3 rings (SSSR count). The number of carbonyl (C=O) groups excluding carboxylic acids is 2. The number of hydrogen-bond acceptors (Lipinski definition) is 3. The molecule has 1 aromatic heterocycles. The fourth-order valence-corrected chi connectivity index (χ4v) is 4.54. The van der Waals surface area contributed by atoms with Crippen LogP contribution in [-0.4, -0.2) is 28.0 Å². The van der Waals surface area contributed by atoms with Crippen molar-refractivity contribution in [3.05, 3.63) is 29.8 Å². The Kier molecular flexibility index (Phi) is 7.34. The first kappa shape index (κ1) is 21.4. The maximum absolute atomic E-state index is 13.3. The van der Waals surface area contributed by atoms with E-state index in [1.165, 1.54) is 23.8 Å². The van der Waals surface area contributed by atoms with Crippen LogP contribution < -0.4 is 5.32 Å². The van der Waals surface area contributed by atoms with Gasteiger partial charge in [-0.15, -0.1) is 0 Å². The highest BCUT2D eigenvalue weighted by Gasteiger charge is 2.32. The van der Waals surface area contributed by atoms with Crippen LogP contribution in [0, 0.1) is 11.8 Å². The molecule has 0 bridgehead atoms. The molecule has 1 aliphatic rings. The molecule has 0 unspecified atom stereocenters. The molecule has 2 N–H and O–H groups in total. The predicted octanol–water partition coefficient (Wildman–Crippen LogP) is 5.88. The van der Waals surface area contributed by atoms with Crippen molar-refractivity contribution in [2.75, 3.05) is 6.54 Å². The summed E-state index contributed by atoms with van der Waals surface area (Å²) in [6.45, 7) is 4.82. The van der Waals surface area contributed by atoms with Gasteiger partial charge in [0.15, 0.2) is 5.78 Å². The van der Waals surface area contributed by atoms with Gasteiger partial charge < -0.3 is 10.4 Å². The number of aromatic hydroxyl groups is 1. The number of nitrogens with zero attached hydrogens (tertiary/aromatic N) is 1. The quantitative estimate of drug-likeness (QED) is 0.430. The van der Waals surface area contributed by atoms with Gasteiger partial charge in [0.1, 0.15) is 0 Å². The largest absolute Gasteiger partial charge is 0.494 e. The van der Waals surface area contributed by atoms with E-state index in [0.29, 0.717) is 23.0 Å². The Labute approximate surface area is 173 Å². The topological polar surface area (TPSA) is 71.3 Å². The molecule has 1 heterocycles. The minimum absolute atomic E-state index is 0.0206. The highest BCUT2D eigenvalue weighted by Crippen LogP contribution is 2.38. The van der Waals surface area contributed by atoms with Crippen LogP contribution in [0.4, 0.5) is 4.79 Å². The number of hydrogen-bond donors (Lipinski definition) is 2. The van der Waals surface area contributed by atoms with Crippen LogP contribution in [0.15, 0.2) is 24.3 Å². The van der Waals surface area contributed by atoms with Crippen molar-refractivity contribution in [3.8, 4) is 5.88 Å². The number of nitrogens with one attached hydrogen (secondary N) is 1. The number of rotatable bonds is 8. The molecule has 29 heavy (non-hydrogen) atoms. The Morgan fingerprint density at radius 2 is 1.76 bits per heavy atom. The highest BCUT2D eigenvalue weighted by molar-refractivity contribution is 6.13. The first-order chi connectivity index (χ1) is 14.1. The van der Waals surface area contributed by atoms with E-state index in [4.69, 9.17) is 0 Å². The average molecular weight is 399 g/mol. The molecule has 1 amide bonds. The van der Waals surface area contributed by atoms with Gasteiger partial charge in [-0.3, -0.25) is 4.79 Å². The Balaban J connectivity index is 1.83. The van der Waals surface area contributed by atoms with Gasteiger partial charge in [0.05, 0.1) is 11.1 Å². The van der Waals surface area contributed by atoms with Gasteiger partial charge in [0.25, 0.3) is 0 Å². The summed E-state index contributed by atoms with van der Waals surface area (Å²) in [7, 11) is 0. The summed E-state index contributed by atoms with van der Waals surface area (Å²) in [5, 5.41) is 14.4. The van der Waals surface area contributed by atoms with Gasteiger partial charge in [-0.05, 0) is 44.1 Å². The summed E-state index contributed by atoms with van der Waals surface area (Å²) < 4.78 is 1.26. The lowest BCUT2D eigenvalue weighted by Crippen LogP contribution is -2.29. The molecular formula is C24H34N2O3. The average Bonchev–Trinajstić information content (AvgIpc) is 3.04. The summed E-state index contributed by atoms with van der Waals surface area (Å²) >= 11 is 0. The second-order valence-corrected chi connectivity index (χ2v) is 8.36. The molecule has 0 aliphatic heterocycles. The van der Waals surface area contributed by atoms with Gasteiger partial charge in [-0.1, -0.05) is 57.7 Å². The zero-order valence-corrected chi connectivity index (χ0v) is 17.7. The Bertz CT molecular complexity index is 847. The third-order valence-corrected chi connectivity index (χ3v) is 6.29. The summed E-state index contributed by atoms with van der Waals surface area (Å²) in [6.07, 6.45) is 9.46. The number of benzene rings is 1. The van der Waals surface area contributed by atoms with Gasteiger partial charge in [0, 0.05) is 17.8 Å². The molecule has 158 valence electrons. The molecule has 0 saturated heterocycles. The fraction of sp³-hybridized carbons (Fsp3) is 0.583. The lowest BCUT2D eigenvalue weighted by Gasteiger charge is -2.27. The van der Waals surface area contributed by atoms with E-state index in [1.54, 1.807) is 6.07 Å². The monoisotopic (exact) mass is 398 g/mol. The minimum atomic E-state index is -0.380. The lowest BCUT2D eigenvalue weighted by atomic mass is 9.77. The number of unbranched alkanes of at least 4 members (excludes halogenated alkanes) is 2. The second kappa shape index (κ2) is 9.95. The van der Waals surface area contributed by atoms with Gasteiger partial charge in [-0.2, -0.15) is 0 Å². The van der Waals surface area contributed by atoms with Crippen molar-refractivity contribution in [2.24, 2.45) is 11.8 Å². The van der Waals surface area contributed by atoms with E-state index in [2.05, 4.69) is 19.2 Å². The molecule has 5 nitrogen and oxygen atoms in total. The Hall–Kier alpha value is -2.30. The van der Waals surface area contributed by atoms with Crippen molar-refractivity contribution >= 4 is 22.7 Å². The van der Waals surface area contributed by atoms with Gasteiger partial charge in [0.2, 0.25) is 5.88 Å². The Morgan fingerprint density at radius 1 is 1.07 bits per heavy atom. The highest BCUT2D eigenvalue weighted by atomic mass is 16.3. The van der Waals surface area contributed by atoms with E-state index in [1.807, 2.05) is 18.2 Å². The Morgan fingerprint density at radius 3 is 2.45 bits per heavy atom. The van der Waals surface area contributed by atoms with Crippen molar-refractivity contribution in [1.82, 2.24) is 9.88 Å². The van der Waals surface area contributed by atoms with Gasteiger partial charge in [-0.25, -0.2) is 9.36 Å². The number of aromatic nitrogens is 1. The number of Topliss-reactive ketones (excluding diaryl/α,β-unsaturated/α-hetero) is 1. The molecule has 1 fully saturated rings. The summed E-state index contributed by atoms with van der Waals surface area (Å²) in [4.78, 5) is 26.0. The second-order valence-electron chi connectivity index (χ2n) is 8.36. The van der Waals surface area contributed by atoms with E-state index in [0.717, 1.165) is 44.4 Å². The van der Waals surface area contributed by atoms with Crippen molar-refractivity contribution in [2.45, 2.75) is 71.6 Å². The van der Waals surface area contributed by atoms with Crippen molar-refractivity contribution in [3.63, 3.8) is 0 Å². The minimum Gasteiger partial charge on any atom is -0.494 e. The molecule has 1 aliphatic carbocycles. The predicted molar refractivity (Wildman–Crippen MR) is 117 cm³/mol. The molecule has 0 atom stereocenters. The zero-order valence-electron chi connectivity index (χ0n) is 17.7. The van der Waals surface area contributed by atoms with Crippen LogP contribution in [-0.2, 0) is 0 Å². The number of para-hydroxylation sites is 1. The van der Waals surface area contributed by atoms with Crippen LogP contribution in [0.5, 0.6) is 5.88 Å². The maximum atomic E-state index is 13.3.